The van der Waals surface area contributed by atoms with E-state index in [1.807, 2.05) is 0 Å². The molecule has 0 unspecified atom stereocenters. The van der Waals surface area contributed by atoms with Gasteiger partial charge >= 0.3 is 0 Å². The van der Waals surface area contributed by atoms with Crippen LogP contribution in [0, 0.1) is 25.2 Å². The van der Waals surface area contributed by atoms with Gasteiger partial charge in [-0.15, -0.1) is 0 Å². The summed E-state index contributed by atoms with van der Waals surface area (Å²) < 4.78 is 0. The Morgan fingerprint density at radius 1 is 1.33 bits per heavy atom. The minimum atomic E-state index is 0.247. The lowest BCUT2D eigenvalue weighted by atomic mass is 9.95. The van der Waals surface area contributed by atoms with Gasteiger partial charge in [-0.3, -0.25) is 4.90 Å². The molecule has 1 heterocycles. The Morgan fingerprint density at radius 2 is 2.06 bits per heavy atom. The molecule has 3 heteroatoms. The summed E-state index contributed by atoms with van der Waals surface area (Å²) in [7, 11) is 0. The normalized spacial score (nSPS) is 18.3. The fourth-order valence-electron chi connectivity index (χ4n) is 2.63. The fourth-order valence-corrected chi connectivity index (χ4v) is 2.63. The van der Waals surface area contributed by atoms with Crippen LogP contribution in [-0.2, 0) is 0 Å². The van der Waals surface area contributed by atoms with Crippen molar-refractivity contribution < 1.29 is 0 Å². The van der Waals surface area contributed by atoms with Crippen LogP contribution in [0.1, 0.15) is 29.2 Å². The number of rotatable bonds is 3. The molecular formula is C15H21N3. The lowest BCUT2D eigenvalue weighted by molar-refractivity contribution is 0.175. The van der Waals surface area contributed by atoms with E-state index >= 15 is 0 Å². The second kappa shape index (κ2) is 5.99. The highest BCUT2D eigenvalue weighted by Gasteiger charge is 2.23. The van der Waals surface area contributed by atoms with Gasteiger partial charge in [0.25, 0.3) is 0 Å². The van der Waals surface area contributed by atoms with Crippen LogP contribution in [0.15, 0.2) is 18.2 Å². The van der Waals surface area contributed by atoms with Crippen LogP contribution in [0.25, 0.3) is 0 Å². The molecule has 96 valence electrons. The van der Waals surface area contributed by atoms with Crippen LogP contribution < -0.4 is 5.32 Å². The zero-order chi connectivity index (χ0) is 13.0. The first kappa shape index (κ1) is 13.1. The van der Waals surface area contributed by atoms with Crippen LogP contribution in [0.5, 0.6) is 0 Å². The summed E-state index contributed by atoms with van der Waals surface area (Å²) >= 11 is 0. The number of aryl methyl sites for hydroxylation is 2. The summed E-state index contributed by atoms with van der Waals surface area (Å²) in [6.45, 7) is 8.35. The van der Waals surface area contributed by atoms with E-state index < -0.39 is 0 Å². The van der Waals surface area contributed by atoms with E-state index in [9.17, 15) is 0 Å². The predicted octanol–water partition coefficient (Wildman–Crippen LogP) is 2.16. The Hall–Kier alpha value is -1.37. The van der Waals surface area contributed by atoms with E-state index in [2.05, 4.69) is 48.3 Å². The molecule has 1 aliphatic rings. The number of hydrogen-bond donors (Lipinski definition) is 1. The molecule has 18 heavy (non-hydrogen) atoms. The van der Waals surface area contributed by atoms with E-state index in [1.54, 1.807) is 0 Å². The molecule has 0 aromatic heterocycles. The summed E-state index contributed by atoms with van der Waals surface area (Å²) in [5.74, 6) is 0. The molecule has 3 nitrogen and oxygen atoms in total. The van der Waals surface area contributed by atoms with Crippen molar-refractivity contribution in [3.8, 4) is 6.07 Å². The predicted molar refractivity (Wildman–Crippen MR) is 73.3 cm³/mol. The lowest BCUT2D eigenvalue weighted by Crippen LogP contribution is -2.45. The van der Waals surface area contributed by atoms with Crippen LogP contribution in [0.2, 0.25) is 0 Å². The third kappa shape index (κ3) is 2.90. The largest absolute Gasteiger partial charge is 0.314 e. The average Bonchev–Trinajstić information content (AvgIpc) is 2.40. The number of nitrogens with one attached hydrogen (secondary N) is 1. The van der Waals surface area contributed by atoms with Crippen LogP contribution in [0.4, 0.5) is 0 Å². The molecule has 0 saturated carbocycles. The van der Waals surface area contributed by atoms with Crippen molar-refractivity contribution in [3.05, 3.63) is 34.9 Å². The molecule has 0 radical (unpaired) electrons. The molecule has 1 aromatic carbocycles. The number of benzene rings is 1. The van der Waals surface area contributed by atoms with E-state index in [0.717, 1.165) is 26.2 Å². The van der Waals surface area contributed by atoms with Crippen molar-refractivity contribution in [1.29, 1.82) is 5.26 Å². The number of nitrogens with zero attached hydrogens (tertiary/aromatic N) is 2. The van der Waals surface area contributed by atoms with Crippen LogP contribution in [0.3, 0.4) is 0 Å². The van der Waals surface area contributed by atoms with E-state index in [1.165, 1.54) is 16.7 Å². The number of piperazine rings is 1. The lowest BCUT2D eigenvalue weighted by Gasteiger charge is -2.34. The van der Waals surface area contributed by atoms with Crippen LogP contribution in [-0.4, -0.2) is 31.1 Å². The molecule has 1 atom stereocenters. The van der Waals surface area contributed by atoms with Gasteiger partial charge in [-0.05, 0) is 25.0 Å². The quantitative estimate of drug-likeness (QED) is 0.884. The van der Waals surface area contributed by atoms with Crippen molar-refractivity contribution in [2.24, 2.45) is 0 Å². The molecule has 0 bridgehead atoms. The third-order valence-corrected chi connectivity index (χ3v) is 3.67. The standard InChI is InChI=1S/C15H21N3/c1-12-3-4-13(2)14(11-12)15(5-6-16)18-9-7-17-8-10-18/h3-4,11,15,17H,5,7-10H2,1-2H3/t15-/m1/s1. The highest BCUT2D eigenvalue weighted by atomic mass is 15.2. The van der Waals surface area contributed by atoms with E-state index in [0.29, 0.717) is 6.42 Å². The van der Waals surface area contributed by atoms with Crippen molar-refractivity contribution in [2.75, 3.05) is 26.2 Å². The molecule has 0 spiro atoms. The molecule has 1 fully saturated rings. The maximum Gasteiger partial charge on any atom is 0.0641 e. The van der Waals surface area contributed by atoms with Gasteiger partial charge in [0.05, 0.1) is 12.5 Å². The summed E-state index contributed by atoms with van der Waals surface area (Å²) in [6, 6.07) is 9.13. The van der Waals surface area contributed by atoms with Gasteiger partial charge in [-0.1, -0.05) is 23.8 Å². The Morgan fingerprint density at radius 3 is 2.72 bits per heavy atom. The molecular weight excluding hydrogens is 222 g/mol. The van der Waals surface area contributed by atoms with Crippen molar-refractivity contribution in [1.82, 2.24) is 10.2 Å². The first-order valence-corrected chi connectivity index (χ1v) is 6.61. The van der Waals surface area contributed by atoms with Gasteiger partial charge in [-0.25, -0.2) is 0 Å². The highest BCUT2D eigenvalue weighted by Crippen LogP contribution is 2.27. The Labute approximate surface area is 109 Å². The van der Waals surface area contributed by atoms with E-state index in [4.69, 9.17) is 5.26 Å². The SMILES string of the molecule is Cc1ccc(C)c([C@@H](CC#N)N2CCNCC2)c1. The molecule has 1 aliphatic heterocycles. The minimum absolute atomic E-state index is 0.247. The molecule has 1 N–H and O–H groups in total. The first-order valence-electron chi connectivity index (χ1n) is 6.61. The van der Waals surface area contributed by atoms with Gasteiger partial charge in [0.2, 0.25) is 0 Å². The summed E-state index contributed by atoms with van der Waals surface area (Å²) in [5.41, 5.74) is 3.88. The average molecular weight is 243 g/mol. The second-order valence-corrected chi connectivity index (χ2v) is 5.02. The maximum atomic E-state index is 9.10. The topological polar surface area (TPSA) is 39.1 Å². The van der Waals surface area contributed by atoms with Crippen molar-refractivity contribution in [2.45, 2.75) is 26.3 Å². The number of nitriles is 1. The van der Waals surface area contributed by atoms with Gasteiger partial charge < -0.3 is 5.32 Å². The zero-order valence-corrected chi connectivity index (χ0v) is 11.2. The minimum Gasteiger partial charge on any atom is -0.314 e. The highest BCUT2D eigenvalue weighted by molar-refractivity contribution is 5.33. The first-order chi connectivity index (χ1) is 8.72. The fraction of sp³-hybridized carbons (Fsp3) is 0.533. The van der Waals surface area contributed by atoms with Crippen molar-refractivity contribution in [3.63, 3.8) is 0 Å². The smallest absolute Gasteiger partial charge is 0.0641 e. The zero-order valence-electron chi connectivity index (χ0n) is 11.2. The monoisotopic (exact) mass is 243 g/mol. The molecule has 1 aromatic rings. The van der Waals surface area contributed by atoms with Gasteiger partial charge in [0.15, 0.2) is 0 Å². The van der Waals surface area contributed by atoms with E-state index in [-0.39, 0.29) is 6.04 Å². The van der Waals surface area contributed by atoms with Gasteiger partial charge in [0.1, 0.15) is 0 Å². The third-order valence-electron chi connectivity index (χ3n) is 3.67. The summed E-state index contributed by atoms with van der Waals surface area (Å²) in [6.07, 6.45) is 0.574. The Bertz CT molecular complexity index is 442. The molecule has 0 amide bonds. The maximum absolute atomic E-state index is 9.10. The summed E-state index contributed by atoms with van der Waals surface area (Å²) in [4.78, 5) is 2.43. The van der Waals surface area contributed by atoms with Gasteiger partial charge in [-0.2, -0.15) is 5.26 Å². The van der Waals surface area contributed by atoms with Crippen LogP contribution >= 0.6 is 0 Å². The molecule has 1 saturated heterocycles. The molecule has 0 aliphatic carbocycles. The Kier molecular flexibility index (Phi) is 4.35. The van der Waals surface area contributed by atoms with Gasteiger partial charge in [0, 0.05) is 32.2 Å². The summed E-state index contributed by atoms with van der Waals surface area (Å²) in [5, 5.41) is 12.5. The Balaban J connectivity index is 2.28. The van der Waals surface area contributed by atoms with Crippen molar-refractivity contribution >= 4 is 0 Å². The second-order valence-electron chi connectivity index (χ2n) is 5.02. The number of hydrogen-bond acceptors (Lipinski definition) is 3. The molecule has 2 rings (SSSR count).